The van der Waals surface area contributed by atoms with Crippen LogP contribution in [-0.4, -0.2) is 16.9 Å². The highest BCUT2D eigenvalue weighted by atomic mass is 16.5. The lowest BCUT2D eigenvalue weighted by atomic mass is 9.79. The molecule has 2 aromatic rings. The van der Waals surface area contributed by atoms with Gasteiger partial charge in [-0.1, -0.05) is 24.3 Å². The van der Waals surface area contributed by atoms with Crippen LogP contribution in [0.15, 0.2) is 30.5 Å². The topological polar surface area (TPSA) is 53.1 Å². The summed E-state index contributed by atoms with van der Waals surface area (Å²) >= 11 is 0. The zero-order valence-electron chi connectivity index (χ0n) is 12.0. The summed E-state index contributed by atoms with van der Waals surface area (Å²) in [5.41, 5.74) is 10.4. The van der Waals surface area contributed by atoms with Gasteiger partial charge in [-0.15, -0.1) is 0 Å². The van der Waals surface area contributed by atoms with Crippen LogP contribution in [0.25, 0.3) is 0 Å². The molecule has 4 heteroatoms. The molecule has 2 N–H and O–H groups in total. The minimum atomic E-state index is -0.0363. The van der Waals surface area contributed by atoms with Crippen LogP contribution in [0.1, 0.15) is 29.3 Å². The molecule has 106 valence electrons. The van der Waals surface area contributed by atoms with Crippen LogP contribution in [0.4, 0.5) is 0 Å². The Morgan fingerprint density at radius 2 is 2.10 bits per heavy atom. The van der Waals surface area contributed by atoms with E-state index in [-0.39, 0.29) is 6.04 Å². The molecule has 0 saturated heterocycles. The summed E-state index contributed by atoms with van der Waals surface area (Å²) in [6, 6.07) is 8.63. The summed E-state index contributed by atoms with van der Waals surface area (Å²) in [7, 11) is 3.60. The summed E-state index contributed by atoms with van der Waals surface area (Å²) in [5.74, 6) is 1.23. The fourth-order valence-corrected chi connectivity index (χ4v) is 3.22. The van der Waals surface area contributed by atoms with Gasteiger partial charge in [0.25, 0.3) is 0 Å². The highest BCUT2D eigenvalue weighted by Gasteiger charge is 2.28. The van der Waals surface area contributed by atoms with Crippen molar-refractivity contribution in [3.63, 3.8) is 0 Å². The fourth-order valence-electron chi connectivity index (χ4n) is 3.22. The molecule has 20 heavy (non-hydrogen) atoms. The van der Waals surface area contributed by atoms with E-state index in [4.69, 9.17) is 10.5 Å². The average molecular weight is 271 g/mol. The molecule has 1 aliphatic rings. The Hall–Kier alpha value is -1.81. The maximum atomic E-state index is 6.51. The SMILES string of the molecule is COc1cnn(C)c1C(N)C1CCc2ccccc2C1. The van der Waals surface area contributed by atoms with Crippen LogP contribution in [0.5, 0.6) is 5.75 Å². The first-order valence-electron chi connectivity index (χ1n) is 7.09. The zero-order valence-corrected chi connectivity index (χ0v) is 12.0. The predicted molar refractivity (Wildman–Crippen MR) is 78.6 cm³/mol. The van der Waals surface area contributed by atoms with E-state index in [1.807, 2.05) is 11.7 Å². The van der Waals surface area contributed by atoms with Crippen LogP contribution in [0.2, 0.25) is 0 Å². The number of ether oxygens (including phenoxy) is 1. The second kappa shape index (κ2) is 5.29. The third-order valence-electron chi connectivity index (χ3n) is 4.38. The molecule has 0 saturated carbocycles. The minimum absolute atomic E-state index is 0.0363. The monoisotopic (exact) mass is 271 g/mol. The summed E-state index contributed by atoms with van der Waals surface area (Å²) in [6.07, 6.45) is 5.00. The molecular weight excluding hydrogens is 250 g/mol. The van der Waals surface area contributed by atoms with Gasteiger partial charge in [-0.2, -0.15) is 5.10 Å². The Morgan fingerprint density at radius 3 is 2.85 bits per heavy atom. The molecule has 2 atom stereocenters. The summed E-state index contributed by atoms with van der Waals surface area (Å²) in [4.78, 5) is 0. The van der Waals surface area contributed by atoms with Gasteiger partial charge in [0.15, 0.2) is 5.75 Å². The van der Waals surface area contributed by atoms with Gasteiger partial charge >= 0.3 is 0 Å². The first-order chi connectivity index (χ1) is 9.70. The second-order valence-electron chi connectivity index (χ2n) is 5.52. The number of benzene rings is 1. The number of hydrogen-bond donors (Lipinski definition) is 1. The van der Waals surface area contributed by atoms with E-state index >= 15 is 0 Å². The van der Waals surface area contributed by atoms with Crippen LogP contribution < -0.4 is 10.5 Å². The molecule has 0 radical (unpaired) electrons. The van der Waals surface area contributed by atoms with Gasteiger partial charge in [0.05, 0.1) is 25.0 Å². The van der Waals surface area contributed by atoms with Crippen molar-refractivity contribution in [2.45, 2.75) is 25.3 Å². The fraction of sp³-hybridized carbons (Fsp3) is 0.438. The van der Waals surface area contributed by atoms with Crippen molar-refractivity contribution in [1.82, 2.24) is 9.78 Å². The lowest BCUT2D eigenvalue weighted by molar-refractivity contribution is 0.347. The predicted octanol–water partition coefficient (Wildman–Crippen LogP) is 2.23. The van der Waals surface area contributed by atoms with Gasteiger partial charge < -0.3 is 10.5 Å². The highest BCUT2D eigenvalue weighted by Crippen LogP contribution is 2.35. The van der Waals surface area contributed by atoms with Crippen LogP contribution in [-0.2, 0) is 19.9 Å². The Bertz CT molecular complexity index is 606. The molecule has 0 bridgehead atoms. The molecule has 3 rings (SSSR count). The van der Waals surface area contributed by atoms with E-state index in [1.165, 1.54) is 11.1 Å². The van der Waals surface area contributed by atoms with Crippen molar-refractivity contribution in [3.05, 3.63) is 47.3 Å². The van der Waals surface area contributed by atoms with Crippen molar-refractivity contribution in [2.24, 2.45) is 18.7 Å². The van der Waals surface area contributed by atoms with Gasteiger partial charge in [-0.25, -0.2) is 0 Å². The Morgan fingerprint density at radius 1 is 1.35 bits per heavy atom. The van der Waals surface area contributed by atoms with Gasteiger partial charge in [0.2, 0.25) is 0 Å². The quantitative estimate of drug-likeness (QED) is 0.931. The number of methoxy groups -OCH3 is 1. The Balaban J connectivity index is 1.85. The third kappa shape index (κ3) is 2.20. The average Bonchev–Trinajstić information content (AvgIpc) is 2.87. The first kappa shape index (κ1) is 13.2. The molecule has 0 aliphatic heterocycles. The standard InChI is InChI=1S/C16H21N3O/c1-19-16(14(20-2)10-18-19)15(17)13-8-7-11-5-3-4-6-12(11)9-13/h3-6,10,13,15H,7-9,17H2,1-2H3. The first-order valence-corrected chi connectivity index (χ1v) is 7.09. The van der Waals surface area contributed by atoms with E-state index < -0.39 is 0 Å². The van der Waals surface area contributed by atoms with Crippen LogP contribution >= 0.6 is 0 Å². The number of nitrogens with two attached hydrogens (primary N) is 1. The lowest BCUT2D eigenvalue weighted by Crippen LogP contribution is -2.29. The number of aromatic nitrogens is 2. The second-order valence-corrected chi connectivity index (χ2v) is 5.52. The Kier molecular flexibility index (Phi) is 3.49. The molecule has 2 unspecified atom stereocenters. The number of fused-ring (bicyclic) bond motifs is 1. The van der Waals surface area contributed by atoms with Crippen LogP contribution in [0.3, 0.4) is 0 Å². The molecule has 0 fully saturated rings. The largest absolute Gasteiger partial charge is 0.493 e. The molecule has 0 spiro atoms. The van der Waals surface area contributed by atoms with Crippen LogP contribution in [0, 0.1) is 5.92 Å². The van der Waals surface area contributed by atoms with Gasteiger partial charge in [0, 0.05) is 7.05 Å². The normalized spacial score (nSPS) is 19.4. The van der Waals surface area contributed by atoms with Crippen molar-refractivity contribution in [3.8, 4) is 5.75 Å². The Labute approximate surface area is 119 Å². The van der Waals surface area contributed by atoms with Crippen molar-refractivity contribution in [1.29, 1.82) is 0 Å². The number of aryl methyl sites for hydroxylation is 2. The lowest BCUT2D eigenvalue weighted by Gasteiger charge is -2.29. The van der Waals surface area contributed by atoms with Crippen molar-refractivity contribution >= 4 is 0 Å². The van der Waals surface area contributed by atoms with Gasteiger partial charge in [0.1, 0.15) is 0 Å². The summed E-state index contributed by atoms with van der Waals surface area (Å²) < 4.78 is 7.22. The maximum absolute atomic E-state index is 6.51. The van der Waals surface area contributed by atoms with E-state index in [2.05, 4.69) is 29.4 Å². The van der Waals surface area contributed by atoms with Gasteiger partial charge in [-0.3, -0.25) is 4.68 Å². The molecule has 4 nitrogen and oxygen atoms in total. The van der Waals surface area contributed by atoms with E-state index in [1.54, 1.807) is 13.3 Å². The zero-order chi connectivity index (χ0) is 14.1. The van der Waals surface area contributed by atoms with Gasteiger partial charge in [-0.05, 0) is 36.3 Å². The molecule has 1 heterocycles. The summed E-state index contributed by atoms with van der Waals surface area (Å²) in [6.45, 7) is 0. The smallest absolute Gasteiger partial charge is 0.161 e. The molecule has 1 aromatic carbocycles. The number of hydrogen-bond acceptors (Lipinski definition) is 3. The molecule has 0 amide bonds. The minimum Gasteiger partial charge on any atom is -0.493 e. The van der Waals surface area contributed by atoms with E-state index in [9.17, 15) is 0 Å². The molecular formula is C16H21N3O. The maximum Gasteiger partial charge on any atom is 0.161 e. The number of nitrogens with zero attached hydrogens (tertiary/aromatic N) is 2. The van der Waals surface area contributed by atoms with E-state index in [0.29, 0.717) is 5.92 Å². The molecule has 1 aliphatic carbocycles. The van der Waals surface area contributed by atoms with Crippen molar-refractivity contribution < 1.29 is 4.74 Å². The van der Waals surface area contributed by atoms with E-state index in [0.717, 1.165) is 30.7 Å². The van der Waals surface area contributed by atoms with Crippen molar-refractivity contribution in [2.75, 3.05) is 7.11 Å². The highest BCUT2D eigenvalue weighted by molar-refractivity contribution is 5.33. The molecule has 1 aromatic heterocycles. The third-order valence-corrected chi connectivity index (χ3v) is 4.38. The summed E-state index contributed by atoms with van der Waals surface area (Å²) in [5, 5.41) is 4.26. The number of rotatable bonds is 3.